The summed E-state index contributed by atoms with van der Waals surface area (Å²) < 4.78 is 6.76. The van der Waals surface area contributed by atoms with E-state index in [1.807, 2.05) is 43.1 Å². The Morgan fingerprint density at radius 2 is 2.08 bits per heavy atom. The number of hydrogen-bond donors (Lipinski definition) is 1. The van der Waals surface area contributed by atoms with E-state index in [-0.39, 0.29) is 0 Å². The molecule has 7 nitrogen and oxygen atoms in total. The number of hydrogen-bond acceptors (Lipinski definition) is 4. The first-order valence-electron chi connectivity index (χ1n) is 7.97. The highest BCUT2D eigenvalue weighted by Crippen LogP contribution is 2.36. The molecule has 1 aliphatic heterocycles. The Balaban J connectivity index is 2.03. The number of ether oxygens (including phenoxy) is 1. The molecule has 25 heavy (non-hydrogen) atoms. The molecule has 130 valence electrons. The number of amides is 1. The fourth-order valence-corrected chi connectivity index (χ4v) is 2.61. The summed E-state index contributed by atoms with van der Waals surface area (Å²) in [6.45, 7) is 1.91. The Hall–Kier alpha value is -3.18. The average molecular weight is 340 g/mol. The quantitative estimate of drug-likeness (QED) is 0.851. The van der Waals surface area contributed by atoms with Crippen molar-refractivity contribution in [2.75, 3.05) is 26.0 Å². The number of anilines is 1. The van der Waals surface area contributed by atoms with Gasteiger partial charge in [0.05, 0.1) is 11.3 Å². The van der Waals surface area contributed by atoms with Crippen molar-refractivity contribution in [1.82, 2.24) is 14.7 Å². The third-order valence-electron chi connectivity index (χ3n) is 4.01. The molecule has 1 aromatic carbocycles. The molecule has 0 aliphatic carbocycles. The van der Waals surface area contributed by atoms with Crippen LogP contribution in [0.25, 0.3) is 6.08 Å². The second kappa shape index (κ2) is 6.37. The average Bonchev–Trinajstić information content (AvgIpc) is 3.09. The first-order chi connectivity index (χ1) is 11.9. The molecule has 0 saturated carbocycles. The first-order valence-corrected chi connectivity index (χ1v) is 7.97. The molecule has 1 aromatic heterocycles. The second-order valence-corrected chi connectivity index (χ2v) is 5.90. The van der Waals surface area contributed by atoms with Crippen molar-refractivity contribution in [3.63, 3.8) is 0 Å². The summed E-state index contributed by atoms with van der Waals surface area (Å²) in [4.78, 5) is 27.8. The minimum Gasteiger partial charge on any atom is -0.432 e. The topological polar surface area (TPSA) is 70.6 Å². The molecule has 2 aromatic rings. The standard InChI is InChI=1S/C18H20N4O3/c1-5-13-12(17(23)22(19-13)18(24)20(2)3)10-11-16-21(4)14-8-6-7-9-15(14)25-16/h6-10,19H,5H2,1-4H3. The highest BCUT2D eigenvalue weighted by atomic mass is 16.5. The lowest BCUT2D eigenvalue weighted by molar-refractivity contribution is 0.215. The van der Waals surface area contributed by atoms with E-state index in [2.05, 4.69) is 10.8 Å². The Bertz CT molecular complexity index is 945. The van der Waals surface area contributed by atoms with Gasteiger partial charge in [-0.15, -0.1) is 0 Å². The Kier molecular flexibility index (Phi) is 4.25. The number of aryl methyl sites for hydroxylation is 1. The van der Waals surface area contributed by atoms with Crippen LogP contribution in [0.3, 0.4) is 0 Å². The molecule has 0 atom stereocenters. The van der Waals surface area contributed by atoms with Crippen LogP contribution in [-0.4, -0.2) is 41.9 Å². The van der Waals surface area contributed by atoms with E-state index < -0.39 is 11.6 Å². The van der Waals surface area contributed by atoms with Crippen LogP contribution in [0.15, 0.2) is 40.7 Å². The van der Waals surface area contributed by atoms with Crippen LogP contribution in [-0.2, 0) is 6.42 Å². The van der Waals surface area contributed by atoms with E-state index >= 15 is 0 Å². The highest BCUT2D eigenvalue weighted by molar-refractivity contribution is 5.76. The number of para-hydroxylation sites is 2. The zero-order valence-corrected chi connectivity index (χ0v) is 14.7. The maximum absolute atomic E-state index is 12.5. The van der Waals surface area contributed by atoms with E-state index in [1.165, 1.54) is 4.90 Å². The van der Waals surface area contributed by atoms with E-state index in [0.29, 0.717) is 23.6 Å². The first kappa shape index (κ1) is 16.7. The lowest BCUT2D eigenvalue weighted by Crippen LogP contribution is -2.34. The highest BCUT2D eigenvalue weighted by Gasteiger charge is 2.22. The van der Waals surface area contributed by atoms with E-state index in [4.69, 9.17) is 4.74 Å². The van der Waals surface area contributed by atoms with Gasteiger partial charge in [-0.2, -0.15) is 4.68 Å². The Labute approximate surface area is 145 Å². The van der Waals surface area contributed by atoms with Crippen LogP contribution in [0, 0.1) is 0 Å². The van der Waals surface area contributed by atoms with Gasteiger partial charge in [0.25, 0.3) is 5.56 Å². The van der Waals surface area contributed by atoms with Crippen LogP contribution < -0.4 is 15.2 Å². The van der Waals surface area contributed by atoms with Crippen molar-refractivity contribution in [2.24, 2.45) is 0 Å². The number of H-pyrrole nitrogens is 1. The SMILES string of the molecule is CCc1[nH]n(C(=O)N(C)C)c(=O)c1C=C=C1Oc2ccccc2N1C. The molecular formula is C18H20N4O3. The number of nitrogens with one attached hydrogen (secondary N) is 1. The van der Waals surface area contributed by atoms with Crippen LogP contribution in [0.5, 0.6) is 5.75 Å². The zero-order chi connectivity index (χ0) is 18.1. The van der Waals surface area contributed by atoms with Crippen LogP contribution in [0.1, 0.15) is 18.2 Å². The van der Waals surface area contributed by atoms with Gasteiger partial charge < -0.3 is 14.5 Å². The summed E-state index contributed by atoms with van der Waals surface area (Å²) in [6.07, 6.45) is 2.15. The molecule has 0 saturated heterocycles. The number of aromatic amines is 1. The maximum Gasteiger partial charge on any atom is 0.345 e. The Morgan fingerprint density at radius 3 is 2.72 bits per heavy atom. The van der Waals surface area contributed by atoms with Gasteiger partial charge in [0.2, 0.25) is 5.88 Å². The zero-order valence-electron chi connectivity index (χ0n) is 14.7. The predicted octanol–water partition coefficient (Wildman–Crippen LogP) is 2.25. The van der Waals surface area contributed by atoms with Gasteiger partial charge in [0, 0.05) is 32.9 Å². The minimum absolute atomic E-state index is 0.401. The molecule has 2 heterocycles. The summed E-state index contributed by atoms with van der Waals surface area (Å²) in [5.41, 5.74) is 4.64. The molecule has 0 radical (unpaired) electrons. The van der Waals surface area contributed by atoms with Gasteiger partial charge >= 0.3 is 6.03 Å². The smallest absolute Gasteiger partial charge is 0.345 e. The summed E-state index contributed by atoms with van der Waals surface area (Å²) in [7, 11) is 5.06. The third kappa shape index (κ3) is 2.86. The molecule has 0 unspecified atom stereocenters. The summed E-state index contributed by atoms with van der Waals surface area (Å²) in [6, 6.07) is 7.22. The van der Waals surface area contributed by atoms with Crippen LogP contribution in [0.2, 0.25) is 0 Å². The molecule has 3 rings (SSSR count). The van der Waals surface area contributed by atoms with E-state index in [1.54, 1.807) is 20.2 Å². The molecular weight excluding hydrogens is 320 g/mol. The van der Waals surface area contributed by atoms with Gasteiger partial charge in [-0.3, -0.25) is 9.89 Å². The maximum atomic E-state index is 12.5. The number of nitrogens with zero attached hydrogens (tertiary/aromatic N) is 3. The summed E-state index contributed by atoms with van der Waals surface area (Å²) >= 11 is 0. The van der Waals surface area contributed by atoms with E-state index in [9.17, 15) is 9.59 Å². The number of carbonyl (C=O) groups is 1. The predicted molar refractivity (Wildman–Crippen MR) is 95.9 cm³/mol. The van der Waals surface area contributed by atoms with Gasteiger partial charge in [0.15, 0.2) is 5.75 Å². The monoisotopic (exact) mass is 340 g/mol. The van der Waals surface area contributed by atoms with Crippen molar-refractivity contribution < 1.29 is 9.53 Å². The molecule has 0 spiro atoms. The molecule has 0 fully saturated rings. The summed E-state index contributed by atoms with van der Waals surface area (Å²) in [5.74, 6) is 1.24. The largest absolute Gasteiger partial charge is 0.432 e. The van der Waals surface area contributed by atoms with Crippen molar-refractivity contribution in [2.45, 2.75) is 13.3 Å². The van der Waals surface area contributed by atoms with Gasteiger partial charge in [-0.05, 0) is 18.6 Å². The molecule has 1 aliphatic rings. The van der Waals surface area contributed by atoms with Gasteiger partial charge in [-0.1, -0.05) is 24.8 Å². The number of aromatic nitrogens is 2. The normalized spacial score (nSPS) is 12.5. The second-order valence-electron chi connectivity index (χ2n) is 5.90. The number of benzene rings is 1. The molecule has 1 N–H and O–H groups in total. The molecule has 0 bridgehead atoms. The van der Waals surface area contributed by atoms with Gasteiger partial charge in [-0.25, -0.2) is 4.79 Å². The van der Waals surface area contributed by atoms with Crippen molar-refractivity contribution >= 4 is 17.8 Å². The minimum atomic E-state index is -0.423. The molecule has 7 heteroatoms. The van der Waals surface area contributed by atoms with E-state index in [0.717, 1.165) is 16.1 Å². The molecule has 1 amide bonds. The fourth-order valence-electron chi connectivity index (χ4n) is 2.61. The number of fused-ring (bicyclic) bond motifs is 1. The summed E-state index contributed by atoms with van der Waals surface area (Å²) in [5, 5.41) is 2.86. The lowest BCUT2D eigenvalue weighted by atomic mass is 10.2. The van der Waals surface area contributed by atoms with Crippen molar-refractivity contribution in [1.29, 1.82) is 0 Å². The number of carbonyl (C=O) groups excluding carboxylic acids is 1. The van der Waals surface area contributed by atoms with Gasteiger partial charge in [0.1, 0.15) is 0 Å². The van der Waals surface area contributed by atoms with Crippen LogP contribution in [0.4, 0.5) is 10.5 Å². The number of rotatable bonds is 2. The van der Waals surface area contributed by atoms with Crippen LogP contribution >= 0.6 is 0 Å². The Morgan fingerprint density at radius 1 is 1.36 bits per heavy atom. The fraction of sp³-hybridized carbons (Fsp3) is 0.278. The third-order valence-corrected chi connectivity index (χ3v) is 4.01. The van der Waals surface area contributed by atoms with Crippen molar-refractivity contribution in [3.8, 4) is 5.75 Å². The van der Waals surface area contributed by atoms with Crippen molar-refractivity contribution in [3.05, 3.63) is 57.5 Å². The lowest BCUT2D eigenvalue weighted by Gasteiger charge is -2.08.